The summed E-state index contributed by atoms with van der Waals surface area (Å²) in [4.78, 5) is 0. The molecule has 1 atom stereocenters. The van der Waals surface area contributed by atoms with Crippen LogP contribution in [0.15, 0.2) is 12.4 Å². The molecule has 0 amide bonds. The van der Waals surface area contributed by atoms with E-state index in [-0.39, 0.29) is 0 Å². The molecule has 0 saturated heterocycles. The maximum atomic E-state index is 10.2. The van der Waals surface area contributed by atoms with Crippen molar-refractivity contribution in [3.8, 4) is 0 Å². The Balaban J connectivity index is 2.67. The van der Waals surface area contributed by atoms with E-state index in [4.69, 9.17) is 0 Å². The Bertz CT molecular complexity index is 294. The fourth-order valence-corrected chi connectivity index (χ4v) is 1.46. The van der Waals surface area contributed by atoms with Gasteiger partial charge in [0.05, 0.1) is 6.20 Å². The minimum Gasteiger partial charge on any atom is -0.384 e. The van der Waals surface area contributed by atoms with Crippen LogP contribution in [0.25, 0.3) is 0 Å². The first-order valence-corrected chi connectivity index (χ1v) is 5.56. The van der Waals surface area contributed by atoms with Gasteiger partial charge >= 0.3 is 0 Å². The van der Waals surface area contributed by atoms with E-state index in [1.807, 2.05) is 24.7 Å². The molecule has 1 aromatic rings. The normalized spacial score (nSPS) is 15.2. The molecule has 0 aliphatic heterocycles. The lowest BCUT2D eigenvalue weighted by atomic mass is 10.00. The van der Waals surface area contributed by atoms with Crippen molar-refractivity contribution in [1.29, 1.82) is 0 Å². The van der Waals surface area contributed by atoms with Crippen molar-refractivity contribution in [2.24, 2.45) is 0 Å². The van der Waals surface area contributed by atoms with Gasteiger partial charge < -0.3 is 10.4 Å². The minimum atomic E-state index is -0.831. The highest BCUT2D eigenvalue weighted by Gasteiger charge is 2.23. The highest BCUT2D eigenvalue weighted by Crippen LogP contribution is 2.18. The molecule has 86 valence electrons. The molecule has 0 saturated carbocycles. The van der Waals surface area contributed by atoms with E-state index in [0.29, 0.717) is 6.54 Å². The van der Waals surface area contributed by atoms with Gasteiger partial charge in [-0.3, -0.25) is 4.68 Å². The summed E-state index contributed by atoms with van der Waals surface area (Å²) in [6, 6.07) is 0. The summed E-state index contributed by atoms with van der Waals surface area (Å²) in [6.45, 7) is 8.26. The van der Waals surface area contributed by atoms with Gasteiger partial charge in [-0.2, -0.15) is 5.10 Å². The summed E-state index contributed by atoms with van der Waals surface area (Å²) >= 11 is 0. The van der Waals surface area contributed by atoms with Crippen LogP contribution in [-0.2, 0) is 12.1 Å². The molecule has 1 aromatic heterocycles. The first-order chi connectivity index (χ1) is 7.10. The van der Waals surface area contributed by atoms with Crippen molar-refractivity contribution in [2.75, 3.05) is 13.1 Å². The van der Waals surface area contributed by atoms with E-state index in [2.05, 4.69) is 17.3 Å². The van der Waals surface area contributed by atoms with Crippen LogP contribution in [0.2, 0.25) is 0 Å². The molecule has 2 N–H and O–H groups in total. The lowest BCUT2D eigenvalue weighted by Crippen LogP contribution is -2.35. The standard InChI is InChI=1S/C11H21N3O/c1-4-6-14-8-10(7-13-14)11(3,15)9-12-5-2/h7-8,12,15H,4-6,9H2,1-3H3. The summed E-state index contributed by atoms with van der Waals surface area (Å²) in [5, 5.41) is 17.5. The first kappa shape index (κ1) is 12.2. The van der Waals surface area contributed by atoms with Crippen molar-refractivity contribution in [1.82, 2.24) is 15.1 Å². The summed E-state index contributed by atoms with van der Waals surface area (Å²) in [7, 11) is 0. The van der Waals surface area contributed by atoms with Crippen molar-refractivity contribution >= 4 is 0 Å². The van der Waals surface area contributed by atoms with Gasteiger partial charge in [0.1, 0.15) is 5.60 Å². The van der Waals surface area contributed by atoms with Crippen LogP contribution < -0.4 is 5.32 Å². The highest BCUT2D eigenvalue weighted by molar-refractivity contribution is 5.14. The number of nitrogens with zero attached hydrogens (tertiary/aromatic N) is 2. The number of hydrogen-bond acceptors (Lipinski definition) is 3. The van der Waals surface area contributed by atoms with Gasteiger partial charge in [0.25, 0.3) is 0 Å². The molecule has 0 bridgehead atoms. The zero-order valence-electron chi connectivity index (χ0n) is 9.82. The Morgan fingerprint density at radius 3 is 2.87 bits per heavy atom. The van der Waals surface area contributed by atoms with Crippen LogP contribution in [0.4, 0.5) is 0 Å². The fraction of sp³-hybridized carbons (Fsp3) is 0.727. The number of nitrogens with one attached hydrogen (secondary N) is 1. The number of aliphatic hydroxyl groups is 1. The average Bonchev–Trinajstić information content (AvgIpc) is 2.65. The number of likely N-dealkylation sites (N-methyl/N-ethyl adjacent to an activating group) is 1. The summed E-state index contributed by atoms with van der Waals surface area (Å²) in [5.74, 6) is 0. The quantitative estimate of drug-likeness (QED) is 0.741. The maximum Gasteiger partial charge on any atom is 0.102 e. The molecule has 1 unspecified atom stereocenters. The molecule has 15 heavy (non-hydrogen) atoms. The second-order valence-corrected chi connectivity index (χ2v) is 4.05. The zero-order valence-corrected chi connectivity index (χ0v) is 9.82. The van der Waals surface area contributed by atoms with Crippen molar-refractivity contribution in [3.05, 3.63) is 18.0 Å². The van der Waals surface area contributed by atoms with E-state index >= 15 is 0 Å². The van der Waals surface area contributed by atoms with E-state index in [0.717, 1.165) is 25.1 Å². The van der Waals surface area contributed by atoms with Crippen LogP contribution in [0.3, 0.4) is 0 Å². The highest BCUT2D eigenvalue weighted by atomic mass is 16.3. The molecule has 4 nitrogen and oxygen atoms in total. The van der Waals surface area contributed by atoms with E-state index in [9.17, 15) is 5.11 Å². The fourth-order valence-electron chi connectivity index (χ4n) is 1.46. The predicted molar refractivity (Wildman–Crippen MR) is 60.6 cm³/mol. The Kier molecular flexibility index (Phi) is 4.29. The molecule has 1 heterocycles. The Labute approximate surface area is 91.3 Å². The van der Waals surface area contributed by atoms with Crippen LogP contribution in [-0.4, -0.2) is 28.0 Å². The molecule has 1 rings (SSSR count). The zero-order chi connectivity index (χ0) is 11.3. The number of aromatic nitrogens is 2. The minimum absolute atomic E-state index is 0.557. The van der Waals surface area contributed by atoms with Crippen LogP contribution in [0, 0.1) is 0 Å². The van der Waals surface area contributed by atoms with Gasteiger partial charge in [0.15, 0.2) is 0 Å². The monoisotopic (exact) mass is 211 g/mol. The third kappa shape index (κ3) is 3.32. The summed E-state index contributed by atoms with van der Waals surface area (Å²) in [5.41, 5.74) is 0.0408. The Hall–Kier alpha value is -0.870. The SMILES string of the molecule is CCCn1cc(C(C)(O)CNCC)cn1. The molecule has 0 aliphatic carbocycles. The molecule has 4 heteroatoms. The van der Waals surface area contributed by atoms with E-state index in [1.165, 1.54) is 0 Å². The van der Waals surface area contributed by atoms with E-state index in [1.54, 1.807) is 6.20 Å². The molecule has 0 aliphatic rings. The van der Waals surface area contributed by atoms with Crippen molar-refractivity contribution in [3.63, 3.8) is 0 Å². The first-order valence-electron chi connectivity index (χ1n) is 5.56. The summed E-state index contributed by atoms with van der Waals surface area (Å²) in [6.07, 6.45) is 4.71. The molecule has 0 aromatic carbocycles. The van der Waals surface area contributed by atoms with Crippen molar-refractivity contribution in [2.45, 2.75) is 39.3 Å². The van der Waals surface area contributed by atoms with Gasteiger partial charge in [-0.25, -0.2) is 0 Å². The number of rotatable bonds is 6. The molecular formula is C11H21N3O. The van der Waals surface area contributed by atoms with Gasteiger partial charge in [0, 0.05) is 24.8 Å². The molecular weight excluding hydrogens is 190 g/mol. The van der Waals surface area contributed by atoms with Crippen molar-refractivity contribution < 1.29 is 5.11 Å². The Morgan fingerprint density at radius 1 is 1.53 bits per heavy atom. The number of hydrogen-bond donors (Lipinski definition) is 2. The maximum absolute atomic E-state index is 10.2. The predicted octanol–water partition coefficient (Wildman–Crippen LogP) is 1.11. The van der Waals surface area contributed by atoms with Crippen LogP contribution in [0.5, 0.6) is 0 Å². The van der Waals surface area contributed by atoms with Gasteiger partial charge in [0.2, 0.25) is 0 Å². The second-order valence-electron chi connectivity index (χ2n) is 4.05. The van der Waals surface area contributed by atoms with Gasteiger partial charge in [-0.1, -0.05) is 13.8 Å². The molecule has 0 fully saturated rings. The number of aryl methyl sites for hydroxylation is 1. The third-order valence-electron chi connectivity index (χ3n) is 2.43. The Morgan fingerprint density at radius 2 is 2.27 bits per heavy atom. The second kappa shape index (κ2) is 5.28. The van der Waals surface area contributed by atoms with Gasteiger partial charge in [-0.05, 0) is 19.9 Å². The third-order valence-corrected chi connectivity index (χ3v) is 2.43. The molecule has 0 spiro atoms. The lowest BCUT2D eigenvalue weighted by molar-refractivity contribution is 0.0575. The topological polar surface area (TPSA) is 50.1 Å². The van der Waals surface area contributed by atoms with Gasteiger partial charge in [-0.15, -0.1) is 0 Å². The molecule has 0 radical (unpaired) electrons. The average molecular weight is 211 g/mol. The summed E-state index contributed by atoms with van der Waals surface area (Å²) < 4.78 is 1.87. The lowest BCUT2D eigenvalue weighted by Gasteiger charge is -2.21. The van der Waals surface area contributed by atoms with Crippen LogP contribution in [0.1, 0.15) is 32.8 Å². The van der Waals surface area contributed by atoms with Crippen LogP contribution >= 0.6 is 0 Å². The van der Waals surface area contributed by atoms with E-state index < -0.39 is 5.60 Å². The smallest absolute Gasteiger partial charge is 0.102 e. The largest absolute Gasteiger partial charge is 0.384 e.